The van der Waals surface area contributed by atoms with E-state index in [0.717, 1.165) is 24.0 Å². The van der Waals surface area contributed by atoms with Crippen LogP contribution >= 0.6 is 11.6 Å². The molecule has 4 rings (SSSR count). The number of hydrogen-bond acceptors (Lipinski definition) is 5. The van der Waals surface area contributed by atoms with Crippen molar-refractivity contribution < 1.29 is 23.8 Å². The van der Waals surface area contributed by atoms with Crippen molar-refractivity contribution in [3.8, 4) is 5.75 Å². The van der Waals surface area contributed by atoms with Gasteiger partial charge in [-0.3, -0.25) is 4.79 Å². The Labute approximate surface area is 199 Å². The van der Waals surface area contributed by atoms with Gasteiger partial charge >= 0.3 is 5.97 Å². The van der Waals surface area contributed by atoms with Crippen LogP contribution in [-0.4, -0.2) is 43.1 Å². The number of carbonyl (C=O) groups excluding carboxylic acids is 2. The molecule has 0 radical (unpaired) electrons. The second-order valence-corrected chi connectivity index (χ2v) is 8.77. The average molecular weight is 470 g/mol. The van der Waals surface area contributed by atoms with Crippen LogP contribution in [0.5, 0.6) is 5.75 Å². The number of esters is 1. The molecule has 0 spiro atoms. The summed E-state index contributed by atoms with van der Waals surface area (Å²) < 4.78 is 16.8. The van der Waals surface area contributed by atoms with Crippen molar-refractivity contribution in [2.75, 3.05) is 20.3 Å². The number of methoxy groups -OCH3 is 1. The highest BCUT2D eigenvalue weighted by molar-refractivity contribution is 6.30. The summed E-state index contributed by atoms with van der Waals surface area (Å²) in [6, 6.07) is 14.7. The van der Waals surface area contributed by atoms with Crippen molar-refractivity contribution in [2.24, 2.45) is 0 Å². The number of amides is 1. The third-order valence-corrected chi connectivity index (χ3v) is 6.53. The van der Waals surface area contributed by atoms with Gasteiger partial charge in [-0.05, 0) is 43.5 Å². The fraction of sp³-hybridized carbons (Fsp3) is 0.385. The zero-order chi connectivity index (χ0) is 23.4. The van der Waals surface area contributed by atoms with Crippen LogP contribution in [0.15, 0.2) is 59.8 Å². The van der Waals surface area contributed by atoms with Crippen LogP contribution in [-0.2, 0) is 25.7 Å². The van der Waals surface area contributed by atoms with Crippen molar-refractivity contribution in [3.05, 3.63) is 76.0 Å². The summed E-state index contributed by atoms with van der Waals surface area (Å²) in [5, 5.41) is 0.599. The Hall–Kier alpha value is -2.83. The van der Waals surface area contributed by atoms with E-state index in [-0.39, 0.29) is 25.0 Å². The van der Waals surface area contributed by atoms with E-state index in [4.69, 9.17) is 25.8 Å². The number of ether oxygens (including phenoxy) is 3. The van der Waals surface area contributed by atoms with Crippen LogP contribution < -0.4 is 4.74 Å². The molecule has 2 aliphatic heterocycles. The van der Waals surface area contributed by atoms with E-state index < -0.39 is 11.9 Å². The molecule has 2 aliphatic rings. The number of benzene rings is 2. The summed E-state index contributed by atoms with van der Waals surface area (Å²) in [5.41, 5.74) is 2.74. The fourth-order valence-corrected chi connectivity index (χ4v) is 4.64. The summed E-state index contributed by atoms with van der Waals surface area (Å²) in [5.74, 6) is -0.211. The van der Waals surface area contributed by atoms with Gasteiger partial charge in [0.25, 0.3) is 0 Å². The number of carbonyl (C=O) groups is 2. The SMILES string of the molecule is COc1ccccc1COC(=O)C1=C(C)N(C[C@H]2CCCO2)C(=O)C[C@@H]1c1ccc(Cl)cc1. The van der Waals surface area contributed by atoms with E-state index in [1.807, 2.05) is 43.3 Å². The van der Waals surface area contributed by atoms with Gasteiger partial charge in [-0.25, -0.2) is 4.79 Å². The molecule has 7 heteroatoms. The van der Waals surface area contributed by atoms with Crippen LogP contribution in [0.1, 0.15) is 43.2 Å². The maximum Gasteiger partial charge on any atom is 0.336 e. The fourth-order valence-electron chi connectivity index (χ4n) is 4.52. The minimum absolute atomic E-state index is 0.0122. The summed E-state index contributed by atoms with van der Waals surface area (Å²) in [6.45, 7) is 3.04. The second-order valence-electron chi connectivity index (χ2n) is 8.33. The van der Waals surface area contributed by atoms with Crippen molar-refractivity contribution >= 4 is 23.5 Å². The Balaban J connectivity index is 1.64. The molecule has 33 heavy (non-hydrogen) atoms. The molecule has 0 saturated carbocycles. The molecule has 174 valence electrons. The topological polar surface area (TPSA) is 65.1 Å². The maximum absolute atomic E-state index is 13.4. The molecule has 6 nitrogen and oxygen atoms in total. The molecule has 0 N–H and O–H groups in total. The Morgan fingerprint density at radius 2 is 1.94 bits per heavy atom. The number of hydrogen-bond donors (Lipinski definition) is 0. The first-order valence-electron chi connectivity index (χ1n) is 11.1. The number of rotatable bonds is 7. The van der Waals surface area contributed by atoms with E-state index in [2.05, 4.69) is 0 Å². The molecule has 0 aromatic heterocycles. The molecule has 0 bridgehead atoms. The lowest BCUT2D eigenvalue weighted by Gasteiger charge is -2.35. The minimum atomic E-state index is -0.441. The molecule has 1 amide bonds. The highest BCUT2D eigenvalue weighted by Crippen LogP contribution is 2.38. The standard InChI is InChI=1S/C26H28ClNO5/c1-17-25(26(30)33-16-19-6-3-4-8-23(19)31-2)22(18-9-11-20(27)12-10-18)14-24(29)28(17)15-21-7-5-13-32-21/h3-4,6,8-12,21-22H,5,7,13-16H2,1-2H3/t21-,22-/m1/s1. The third-order valence-electron chi connectivity index (χ3n) is 6.28. The predicted molar refractivity (Wildman–Crippen MR) is 125 cm³/mol. The number of para-hydroxylation sites is 1. The van der Waals surface area contributed by atoms with Gasteiger partial charge in [0.1, 0.15) is 12.4 Å². The second kappa shape index (κ2) is 10.4. The molecular formula is C26H28ClNO5. The normalized spacial score (nSPS) is 20.8. The van der Waals surface area contributed by atoms with Gasteiger partial charge in [-0.15, -0.1) is 0 Å². The Morgan fingerprint density at radius 1 is 1.18 bits per heavy atom. The van der Waals surface area contributed by atoms with Gasteiger partial charge < -0.3 is 19.1 Å². The first-order valence-corrected chi connectivity index (χ1v) is 11.5. The molecule has 2 atom stereocenters. The molecule has 1 fully saturated rings. The van der Waals surface area contributed by atoms with Crippen LogP contribution in [0.4, 0.5) is 0 Å². The molecule has 1 saturated heterocycles. The average Bonchev–Trinajstić information content (AvgIpc) is 3.34. The van der Waals surface area contributed by atoms with Gasteiger partial charge in [0, 0.05) is 35.2 Å². The van der Waals surface area contributed by atoms with Gasteiger partial charge in [0.15, 0.2) is 0 Å². The predicted octanol–water partition coefficient (Wildman–Crippen LogP) is 4.86. The highest BCUT2D eigenvalue weighted by Gasteiger charge is 2.38. The lowest BCUT2D eigenvalue weighted by atomic mass is 9.83. The monoisotopic (exact) mass is 469 g/mol. The van der Waals surface area contributed by atoms with Crippen molar-refractivity contribution in [2.45, 2.75) is 44.8 Å². The van der Waals surface area contributed by atoms with Crippen LogP contribution in [0.2, 0.25) is 5.02 Å². The van der Waals surface area contributed by atoms with Crippen LogP contribution in [0, 0.1) is 0 Å². The first-order chi connectivity index (χ1) is 16.0. The number of allylic oxidation sites excluding steroid dienone is 1. The van der Waals surface area contributed by atoms with Gasteiger partial charge in [-0.1, -0.05) is 41.9 Å². The van der Waals surface area contributed by atoms with Gasteiger partial charge in [-0.2, -0.15) is 0 Å². The Morgan fingerprint density at radius 3 is 2.64 bits per heavy atom. The molecule has 2 aromatic rings. The quantitative estimate of drug-likeness (QED) is 0.542. The van der Waals surface area contributed by atoms with E-state index in [0.29, 0.717) is 35.2 Å². The molecule has 0 unspecified atom stereocenters. The minimum Gasteiger partial charge on any atom is -0.496 e. The highest BCUT2D eigenvalue weighted by atomic mass is 35.5. The molecule has 0 aliphatic carbocycles. The molecular weight excluding hydrogens is 442 g/mol. The smallest absolute Gasteiger partial charge is 0.336 e. The molecule has 2 aromatic carbocycles. The van der Waals surface area contributed by atoms with E-state index in [1.165, 1.54) is 0 Å². The van der Waals surface area contributed by atoms with Crippen LogP contribution in [0.25, 0.3) is 0 Å². The Bertz CT molecular complexity index is 1040. The van der Waals surface area contributed by atoms with Crippen LogP contribution in [0.3, 0.4) is 0 Å². The van der Waals surface area contributed by atoms with Crippen molar-refractivity contribution in [1.29, 1.82) is 0 Å². The number of halogens is 1. The van der Waals surface area contributed by atoms with E-state index >= 15 is 0 Å². The number of nitrogens with zero attached hydrogens (tertiary/aromatic N) is 1. The van der Waals surface area contributed by atoms with E-state index in [9.17, 15) is 9.59 Å². The van der Waals surface area contributed by atoms with Crippen molar-refractivity contribution in [1.82, 2.24) is 4.90 Å². The largest absolute Gasteiger partial charge is 0.496 e. The van der Waals surface area contributed by atoms with E-state index in [1.54, 1.807) is 24.1 Å². The summed E-state index contributed by atoms with van der Waals surface area (Å²) in [4.78, 5) is 28.2. The summed E-state index contributed by atoms with van der Waals surface area (Å²) in [6.07, 6.45) is 2.06. The van der Waals surface area contributed by atoms with Crippen molar-refractivity contribution in [3.63, 3.8) is 0 Å². The lowest BCUT2D eigenvalue weighted by Crippen LogP contribution is -2.42. The summed E-state index contributed by atoms with van der Waals surface area (Å²) in [7, 11) is 1.58. The lowest BCUT2D eigenvalue weighted by molar-refractivity contribution is -0.141. The third kappa shape index (κ3) is 5.23. The zero-order valence-corrected chi connectivity index (χ0v) is 19.6. The zero-order valence-electron chi connectivity index (χ0n) is 18.9. The first kappa shape index (κ1) is 23.3. The molecule has 2 heterocycles. The Kier molecular flexibility index (Phi) is 7.36. The summed E-state index contributed by atoms with van der Waals surface area (Å²) >= 11 is 6.07. The van der Waals surface area contributed by atoms with Gasteiger partial charge in [0.05, 0.1) is 25.3 Å². The maximum atomic E-state index is 13.4. The van der Waals surface area contributed by atoms with Gasteiger partial charge in [0.2, 0.25) is 5.91 Å².